The number of ether oxygens (including phenoxy) is 1. The van der Waals surface area contributed by atoms with Gasteiger partial charge in [0.05, 0.1) is 29.4 Å². The van der Waals surface area contributed by atoms with Crippen LogP contribution in [0.25, 0.3) is 17.1 Å². The Kier molecular flexibility index (Phi) is 6.23. The number of hydrogen-bond acceptors (Lipinski definition) is 6. The Morgan fingerprint density at radius 2 is 1.85 bits per heavy atom. The highest BCUT2D eigenvalue weighted by Gasteiger charge is 2.22. The Morgan fingerprint density at radius 1 is 1.09 bits per heavy atom. The van der Waals surface area contributed by atoms with Gasteiger partial charge < -0.3 is 4.74 Å². The number of benzene rings is 1. The Balaban J connectivity index is 1.68. The van der Waals surface area contributed by atoms with Crippen LogP contribution in [0.5, 0.6) is 0 Å². The first-order chi connectivity index (χ1) is 16.2. The van der Waals surface area contributed by atoms with E-state index in [0.717, 1.165) is 17.3 Å². The number of carbonyl (C=O) groups is 1. The van der Waals surface area contributed by atoms with E-state index in [0.29, 0.717) is 40.6 Å². The fourth-order valence-electron chi connectivity index (χ4n) is 3.98. The van der Waals surface area contributed by atoms with E-state index in [-0.39, 0.29) is 12.2 Å². The zero-order chi connectivity index (χ0) is 24.6. The largest absolute Gasteiger partial charge is 0.462 e. The van der Waals surface area contributed by atoms with Crippen LogP contribution in [0.4, 0.5) is 8.78 Å². The molecule has 0 saturated carbocycles. The number of nitrogens with zero attached hydrogens (tertiary/aromatic N) is 6. The van der Waals surface area contributed by atoms with E-state index >= 15 is 0 Å². The van der Waals surface area contributed by atoms with E-state index in [9.17, 15) is 13.6 Å². The average molecular weight is 466 g/mol. The van der Waals surface area contributed by atoms with E-state index in [4.69, 9.17) is 4.74 Å². The number of carbonyl (C=O) groups excluding carboxylic acids is 1. The Hall–Kier alpha value is -3.95. The van der Waals surface area contributed by atoms with Gasteiger partial charge in [0.2, 0.25) is 0 Å². The van der Waals surface area contributed by atoms with Crippen molar-refractivity contribution < 1.29 is 18.3 Å². The molecule has 176 valence electrons. The normalized spacial score (nSPS) is 11.1. The third-order valence-corrected chi connectivity index (χ3v) is 5.66. The number of hydrogen-bond donors (Lipinski definition) is 0. The standard InChI is InChI=1S/C24H24F2N6O2/c1-6-34-24(33)22-14(3)29-32(15(22)4)21-11-17(27-12-28-21)10-20-13(2)23(30-31(20)5)18-8-7-16(25)9-19(18)26/h7-9,11-12H,6,10H2,1-5H3. The fraction of sp³-hybridized carbons (Fsp3) is 0.292. The summed E-state index contributed by atoms with van der Waals surface area (Å²) in [5, 5.41) is 8.92. The van der Waals surface area contributed by atoms with Crippen LogP contribution >= 0.6 is 0 Å². The minimum Gasteiger partial charge on any atom is -0.462 e. The van der Waals surface area contributed by atoms with Gasteiger partial charge in [0.15, 0.2) is 5.82 Å². The lowest BCUT2D eigenvalue weighted by Gasteiger charge is -2.07. The number of aromatic nitrogens is 6. The zero-order valence-corrected chi connectivity index (χ0v) is 19.6. The summed E-state index contributed by atoms with van der Waals surface area (Å²) in [6, 6.07) is 5.22. The molecule has 8 nitrogen and oxygen atoms in total. The lowest BCUT2D eigenvalue weighted by molar-refractivity contribution is 0.0524. The first-order valence-corrected chi connectivity index (χ1v) is 10.7. The molecule has 0 aliphatic heterocycles. The molecule has 3 heterocycles. The maximum absolute atomic E-state index is 14.3. The number of aryl methyl sites for hydroxylation is 2. The molecule has 0 radical (unpaired) electrons. The summed E-state index contributed by atoms with van der Waals surface area (Å²) < 4.78 is 36.1. The topological polar surface area (TPSA) is 87.7 Å². The van der Waals surface area contributed by atoms with Gasteiger partial charge in [-0.25, -0.2) is 28.2 Å². The van der Waals surface area contributed by atoms with Gasteiger partial charge in [-0.2, -0.15) is 10.2 Å². The second-order valence-corrected chi connectivity index (χ2v) is 7.89. The van der Waals surface area contributed by atoms with Crippen molar-refractivity contribution in [2.75, 3.05) is 6.61 Å². The molecular formula is C24H24F2N6O2. The summed E-state index contributed by atoms with van der Waals surface area (Å²) in [6.07, 6.45) is 1.83. The van der Waals surface area contributed by atoms with Gasteiger partial charge >= 0.3 is 5.97 Å². The van der Waals surface area contributed by atoms with Crippen molar-refractivity contribution in [3.8, 4) is 17.1 Å². The van der Waals surface area contributed by atoms with Crippen molar-refractivity contribution >= 4 is 5.97 Å². The summed E-state index contributed by atoms with van der Waals surface area (Å²) in [6.45, 7) is 7.39. The number of esters is 1. The van der Waals surface area contributed by atoms with Crippen LogP contribution in [-0.2, 0) is 18.2 Å². The molecule has 0 aliphatic carbocycles. The number of halogens is 2. The lowest BCUT2D eigenvalue weighted by atomic mass is 10.0. The monoisotopic (exact) mass is 466 g/mol. The van der Waals surface area contributed by atoms with E-state index < -0.39 is 17.6 Å². The molecule has 1 aromatic carbocycles. The SMILES string of the molecule is CCOC(=O)c1c(C)nn(-c2cc(Cc3c(C)c(-c4ccc(F)cc4F)nn3C)ncn2)c1C. The molecule has 0 fully saturated rings. The van der Waals surface area contributed by atoms with Crippen molar-refractivity contribution in [2.45, 2.75) is 34.1 Å². The van der Waals surface area contributed by atoms with Crippen LogP contribution in [0, 0.1) is 32.4 Å². The van der Waals surface area contributed by atoms with Gasteiger partial charge in [-0.05, 0) is 45.4 Å². The molecule has 0 atom stereocenters. The molecule has 34 heavy (non-hydrogen) atoms. The molecule has 3 aromatic heterocycles. The molecule has 4 aromatic rings. The van der Waals surface area contributed by atoms with E-state index in [1.54, 1.807) is 43.2 Å². The van der Waals surface area contributed by atoms with Crippen LogP contribution in [0.1, 0.15) is 45.6 Å². The summed E-state index contributed by atoms with van der Waals surface area (Å²) in [5.74, 6) is -1.23. The highest BCUT2D eigenvalue weighted by molar-refractivity contribution is 5.92. The molecule has 0 spiro atoms. The first-order valence-electron chi connectivity index (χ1n) is 10.7. The zero-order valence-electron chi connectivity index (χ0n) is 19.6. The molecular weight excluding hydrogens is 442 g/mol. The van der Waals surface area contributed by atoms with Crippen LogP contribution < -0.4 is 0 Å². The lowest BCUT2D eigenvalue weighted by Crippen LogP contribution is -2.09. The smallest absolute Gasteiger partial charge is 0.341 e. The van der Waals surface area contributed by atoms with Crippen LogP contribution in [-0.4, -0.2) is 42.1 Å². The second kappa shape index (κ2) is 9.12. The minimum absolute atomic E-state index is 0.235. The Labute approximate surface area is 195 Å². The quantitative estimate of drug-likeness (QED) is 0.399. The first kappa shape index (κ1) is 23.2. The van der Waals surface area contributed by atoms with Gasteiger partial charge in [-0.3, -0.25) is 4.68 Å². The highest BCUT2D eigenvalue weighted by atomic mass is 19.1. The van der Waals surface area contributed by atoms with Crippen molar-refractivity contribution in [3.63, 3.8) is 0 Å². The average Bonchev–Trinajstić information content (AvgIpc) is 3.24. The van der Waals surface area contributed by atoms with E-state index in [1.165, 1.54) is 18.5 Å². The molecule has 0 amide bonds. The van der Waals surface area contributed by atoms with Gasteiger partial charge in [-0.1, -0.05) is 0 Å². The van der Waals surface area contributed by atoms with E-state index in [2.05, 4.69) is 20.2 Å². The molecule has 0 unspecified atom stereocenters. The molecule has 10 heteroatoms. The van der Waals surface area contributed by atoms with Gasteiger partial charge in [0, 0.05) is 36.9 Å². The second-order valence-electron chi connectivity index (χ2n) is 7.89. The highest BCUT2D eigenvalue weighted by Crippen LogP contribution is 2.28. The summed E-state index contributed by atoms with van der Waals surface area (Å²) in [7, 11) is 1.77. The van der Waals surface area contributed by atoms with Crippen LogP contribution in [0.3, 0.4) is 0 Å². The Bertz CT molecular complexity index is 1390. The van der Waals surface area contributed by atoms with Crippen molar-refractivity contribution in [3.05, 3.63) is 76.1 Å². The third-order valence-electron chi connectivity index (χ3n) is 5.66. The van der Waals surface area contributed by atoms with Gasteiger partial charge in [0.25, 0.3) is 0 Å². The molecule has 0 N–H and O–H groups in total. The van der Waals surface area contributed by atoms with Crippen LogP contribution in [0.15, 0.2) is 30.6 Å². The predicted molar refractivity (Wildman–Crippen MR) is 121 cm³/mol. The van der Waals surface area contributed by atoms with Crippen molar-refractivity contribution in [1.82, 2.24) is 29.5 Å². The maximum Gasteiger partial charge on any atom is 0.341 e. The predicted octanol–water partition coefficient (Wildman–Crippen LogP) is 4.03. The maximum atomic E-state index is 14.3. The van der Waals surface area contributed by atoms with Crippen LogP contribution in [0.2, 0.25) is 0 Å². The summed E-state index contributed by atoms with van der Waals surface area (Å²) in [5.41, 5.74) is 4.53. The molecule has 4 rings (SSSR count). The molecule has 0 saturated heterocycles. The van der Waals surface area contributed by atoms with Crippen molar-refractivity contribution in [1.29, 1.82) is 0 Å². The van der Waals surface area contributed by atoms with E-state index in [1.807, 2.05) is 6.92 Å². The van der Waals surface area contributed by atoms with Crippen molar-refractivity contribution in [2.24, 2.45) is 7.05 Å². The van der Waals surface area contributed by atoms with Gasteiger partial charge in [-0.15, -0.1) is 0 Å². The summed E-state index contributed by atoms with van der Waals surface area (Å²) in [4.78, 5) is 21.0. The minimum atomic E-state index is -0.668. The van der Waals surface area contributed by atoms with Gasteiger partial charge in [0.1, 0.15) is 23.5 Å². The number of rotatable bonds is 6. The molecule has 0 bridgehead atoms. The Morgan fingerprint density at radius 3 is 2.56 bits per heavy atom. The summed E-state index contributed by atoms with van der Waals surface area (Å²) >= 11 is 0. The molecule has 0 aliphatic rings. The third kappa shape index (κ3) is 4.18. The fourth-order valence-corrected chi connectivity index (χ4v) is 3.98.